The van der Waals surface area contributed by atoms with Crippen LogP contribution in [0.3, 0.4) is 0 Å². The van der Waals surface area contributed by atoms with Gasteiger partial charge in [-0.3, -0.25) is 8.78 Å². The van der Waals surface area contributed by atoms with Crippen molar-refractivity contribution in [2.75, 3.05) is 0 Å². The Morgan fingerprint density at radius 1 is 0.913 bits per heavy atom. The molecule has 3 nitrogen and oxygen atoms in total. The number of rotatable bonds is 4. The highest BCUT2D eigenvalue weighted by Crippen LogP contribution is 2.26. The highest BCUT2D eigenvalue weighted by molar-refractivity contribution is 7.78. The quantitative estimate of drug-likeness (QED) is 0.682. The smallest absolute Gasteiger partial charge is 0.198 e. The minimum absolute atomic E-state index is 0.0619. The molecule has 0 aliphatic rings. The van der Waals surface area contributed by atoms with Gasteiger partial charge in [-0.25, -0.2) is 4.39 Å². The van der Waals surface area contributed by atoms with Gasteiger partial charge in [0.2, 0.25) is 0 Å². The van der Waals surface area contributed by atoms with Crippen molar-refractivity contribution in [2.45, 2.75) is 5.75 Å². The van der Waals surface area contributed by atoms with Crippen molar-refractivity contribution in [1.82, 2.24) is 4.57 Å². The fourth-order valence-electron chi connectivity index (χ4n) is 2.40. The highest BCUT2D eigenvalue weighted by atomic mass is 32.2. The Balaban J connectivity index is 2.01. The van der Waals surface area contributed by atoms with Gasteiger partial charge in [-0.05, 0) is 47.5 Å². The molecule has 1 heterocycles. The van der Waals surface area contributed by atoms with Crippen LogP contribution in [-0.2, 0) is 16.8 Å². The third kappa shape index (κ3) is 3.38. The molecule has 0 aliphatic carbocycles. The Hall–Kier alpha value is -2.31. The molecule has 0 amide bonds. The molecule has 0 N–H and O–H groups in total. The van der Waals surface area contributed by atoms with E-state index in [0.717, 1.165) is 5.56 Å². The summed E-state index contributed by atoms with van der Waals surface area (Å²) in [4.78, 5) is 0. The standard InChI is InChI=1S/C17H13F2NO2S/c18-14-5-7-15(8-6-14)20-16(9-10-17(20)19)13-3-1-12(2-4-13)11-23(21)22/h1-10H,11H2,(H,21,22)/p-1. The fraction of sp³-hybridized carbons (Fsp3) is 0.0588. The molecule has 0 saturated heterocycles. The lowest BCUT2D eigenvalue weighted by atomic mass is 10.1. The summed E-state index contributed by atoms with van der Waals surface area (Å²) >= 11 is -2.15. The zero-order valence-electron chi connectivity index (χ0n) is 11.9. The molecule has 3 aromatic rings. The highest BCUT2D eigenvalue weighted by Gasteiger charge is 2.12. The minimum Gasteiger partial charge on any atom is -0.772 e. The van der Waals surface area contributed by atoms with Crippen molar-refractivity contribution in [1.29, 1.82) is 0 Å². The maximum Gasteiger partial charge on any atom is 0.198 e. The monoisotopic (exact) mass is 332 g/mol. The van der Waals surface area contributed by atoms with Gasteiger partial charge in [0, 0.05) is 11.4 Å². The molecule has 118 valence electrons. The maximum atomic E-state index is 14.1. The van der Waals surface area contributed by atoms with Gasteiger partial charge in [-0.1, -0.05) is 35.3 Å². The summed E-state index contributed by atoms with van der Waals surface area (Å²) in [6.07, 6.45) is 0. The Morgan fingerprint density at radius 2 is 1.57 bits per heavy atom. The van der Waals surface area contributed by atoms with E-state index in [0.29, 0.717) is 16.9 Å². The van der Waals surface area contributed by atoms with Gasteiger partial charge in [0.25, 0.3) is 0 Å². The van der Waals surface area contributed by atoms with Crippen LogP contribution in [0.2, 0.25) is 0 Å². The van der Waals surface area contributed by atoms with Crippen LogP contribution >= 0.6 is 0 Å². The van der Waals surface area contributed by atoms with Gasteiger partial charge >= 0.3 is 0 Å². The normalized spacial score (nSPS) is 12.3. The van der Waals surface area contributed by atoms with E-state index in [1.54, 1.807) is 30.3 Å². The van der Waals surface area contributed by atoms with Crippen molar-refractivity contribution >= 4 is 11.1 Å². The van der Waals surface area contributed by atoms with E-state index in [1.165, 1.54) is 34.9 Å². The SMILES string of the molecule is O=S([O-])Cc1ccc(-c2ccc(F)n2-c2ccc(F)cc2)cc1. The fourth-order valence-corrected chi connectivity index (χ4v) is 2.86. The molecule has 0 radical (unpaired) electrons. The Labute approximate surface area is 134 Å². The Kier molecular flexibility index (Phi) is 4.36. The van der Waals surface area contributed by atoms with Crippen molar-refractivity contribution in [3.05, 3.63) is 78.0 Å². The van der Waals surface area contributed by atoms with Crippen LogP contribution in [0.4, 0.5) is 8.78 Å². The summed E-state index contributed by atoms with van der Waals surface area (Å²) in [7, 11) is 0. The van der Waals surface area contributed by atoms with E-state index in [4.69, 9.17) is 0 Å². The Morgan fingerprint density at radius 3 is 2.17 bits per heavy atom. The third-order valence-corrected chi connectivity index (χ3v) is 4.02. The van der Waals surface area contributed by atoms with Crippen LogP contribution in [0.5, 0.6) is 0 Å². The van der Waals surface area contributed by atoms with Crippen LogP contribution in [0.1, 0.15) is 5.56 Å². The zero-order chi connectivity index (χ0) is 16.4. The van der Waals surface area contributed by atoms with Crippen LogP contribution < -0.4 is 0 Å². The average molecular weight is 332 g/mol. The largest absolute Gasteiger partial charge is 0.772 e. The second-order valence-corrected chi connectivity index (χ2v) is 5.89. The van der Waals surface area contributed by atoms with Crippen LogP contribution in [0.15, 0.2) is 60.7 Å². The number of benzene rings is 2. The number of hydrogen-bond acceptors (Lipinski definition) is 2. The first-order valence-corrected chi connectivity index (χ1v) is 8.07. The minimum atomic E-state index is -2.15. The lowest BCUT2D eigenvalue weighted by Gasteiger charge is -2.11. The molecule has 2 aromatic carbocycles. The van der Waals surface area contributed by atoms with E-state index in [9.17, 15) is 17.5 Å². The van der Waals surface area contributed by atoms with Gasteiger partial charge in [-0.2, -0.15) is 4.39 Å². The maximum absolute atomic E-state index is 14.1. The molecule has 23 heavy (non-hydrogen) atoms. The summed E-state index contributed by atoms with van der Waals surface area (Å²) in [5, 5.41) is 0. The molecule has 1 unspecified atom stereocenters. The average Bonchev–Trinajstić information content (AvgIpc) is 2.90. The van der Waals surface area contributed by atoms with E-state index < -0.39 is 22.8 Å². The molecule has 0 fully saturated rings. The molecule has 1 aromatic heterocycles. The van der Waals surface area contributed by atoms with Gasteiger partial charge in [0.15, 0.2) is 5.95 Å². The number of halogens is 2. The van der Waals surface area contributed by atoms with Crippen LogP contribution in [0.25, 0.3) is 16.9 Å². The van der Waals surface area contributed by atoms with E-state index in [2.05, 4.69) is 0 Å². The summed E-state index contributed by atoms with van der Waals surface area (Å²) in [5.41, 5.74) is 2.50. The predicted octanol–water partition coefficient (Wildman–Crippen LogP) is 3.80. The van der Waals surface area contributed by atoms with Crippen molar-refractivity contribution < 1.29 is 17.5 Å². The lowest BCUT2D eigenvalue weighted by molar-refractivity contribution is 0.536. The second-order valence-electron chi connectivity index (χ2n) is 5.00. The van der Waals surface area contributed by atoms with E-state index >= 15 is 0 Å². The van der Waals surface area contributed by atoms with Crippen LogP contribution in [0, 0.1) is 11.8 Å². The topological polar surface area (TPSA) is 45.1 Å². The number of hydrogen-bond donors (Lipinski definition) is 0. The van der Waals surface area contributed by atoms with Gasteiger partial charge in [0.05, 0.1) is 5.69 Å². The summed E-state index contributed by atoms with van der Waals surface area (Å²) < 4.78 is 50.0. The first kappa shape index (κ1) is 15.6. The lowest BCUT2D eigenvalue weighted by Crippen LogP contribution is -2.00. The van der Waals surface area contributed by atoms with Gasteiger partial charge in [-0.15, -0.1) is 0 Å². The number of aromatic nitrogens is 1. The van der Waals surface area contributed by atoms with E-state index in [1.807, 2.05) is 0 Å². The molecule has 0 spiro atoms. The first-order valence-electron chi connectivity index (χ1n) is 6.83. The predicted molar refractivity (Wildman–Crippen MR) is 83.7 cm³/mol. The van der Waals surface area contributed by atoms with E-state index in [-0.39, 0.29) is 5.75 Å². The molecule has 3 rings (SSSR count). The number of nitrogens with zero attached hydrogens (tertiary/aromatic N) is 1. The molecular formula is C17H12F2NO2S-. The van der Waals surface area contributed by atoms with Gasteiger partial charge in [0.1, 0.15) is 5.82 Å². The molecule has 1 atom stereocenters. The summed E-state index contributed by atoms with van der Waals surface area (Å²) in [5.74, 6) is -0.915. The first-order chi connectivity index (χ1) is 11.0. The van der Waals surface area contributed by atoms with Gasteiger partial charge < -0.3 is 4.55 Å². The second kappa shape index (κ2) is 6.44. The molecule has 0 bridgehead atoms. The van der Waals surface area contributed by atoms with Crippen molar-refractivity contribution in [3.8, 4) is 16.9 Å². The molecular weight excluding hydrogens is 320 g/mol. The molecule has 0 saturated carbocycles. The molecule has 0 aliphatic heterocycles. The summed E-state index contributed by atoms with van der Waals surface area (Å²) in [6.45, 7) is 0. The van der Waals surface area contributed by atoms with Crippen molar-refractivity contribution in [3.63, 3.8) is 0 Å². The summed E-state index contributed by atoms with van der Waals surface area (Å²) in [6, 6.07) is 15.3. The zero-order valence-corrected chi connectivity index (χ0v) is 12.7. The van der Waals surface area contributed by atoms with Crippen molar-refractivity contribution in [2.24, 2.45) is 0 Å². The molecule has 6 heteroatoms. The third-order valence-electron chi connectivity index (χ3n) is 3.45. The Bertz CT molecular complexity index is 842. The van der Waals surface area contributed by atoms with Crippen LogP contribution in [-0.4, -0.2) is 13.3 Å².